The number of rotatable bonds is 3. The zero-order chi connectivity index (χ0) is 13.1. The minimum Gasteiger partial charge on any atom is -0.372 e. The lowest BCUT2D eigenvalue weighted by atomic mass is 10.2. The number of nitrogens with zero attached hydrogens (tertiary/aromatic N) is 3. The highest BCUT2D eigenvalue weighted by molar-refractivity contribution is 9.10. The van der Waals surface area contributed by atoms with Crippen LogP contribution in [-0.4, -0.2) is 28.1 Å². The lowest BCUT2D eigenvalue weighted by Gasteiger charge is -2.06. The number of amides is 1. The third-order valence-electron chi connectivity index (χ3n) is 2.08. The highest BCUT2D eigenvalue weighted by Crippen LogP contribution is 2.18. The summed E-state index contributed by atoms with van der Waals surface area (Å²) in [6.45, 7) is 1.67. The van der Waals surface area contributed by atoms with Crippen LogP contribution in [0, 0.1) is 6.92 Å². The van der Waals surface area contributed by atoms with Crippen LogP contribution in [0.2, 0.25) is 0 Å². The van der Waals surface area contributed by atoms with Gasteiger partial charge in [-0.05, 0) is 28.9 Å². The lowest BCUT2D eigenvalue weighted by molar-refractivity contribution is 0.102. The van der Waals surface area contributed by atoms with Crippen LogP contribution in [0.4, 0.5) is 11.8 Å². The van der Waals surface area contributed by atoms with Gasteiger partial charge in [0.15, 0.2) is 5.82 Å². The van der Waals surface area contributed by atoms with Crippen molar-refractivity contribution in [1.29, 1.82) is 0 Å². The van der Waals surface area contributed by atoms with Crippen LogP contribution in [0.25, 0.3) is 0 Å². The second-order valence-electron chi connectivity index (χ2n) is 3.40. The number of carbonyl (C=O) groups excluding carboxylic acids is 1. The van der Waals surface area contributed by atoms with E-state index in [2.05, 4.69) is 41.7 Å². The molecule has 0 saturated carbocycles. The van der Waals surface area contributed by atoms with Gasteiger partial charge in [-0.1, -0.05) is 5.16 Å². The van der Waals surface area contributed by atoms with Gasteiger partial charge in [0, 0.05) is 17.7 Å². The molecule has 2 heterocycles. The summed E-state index contributed by atoms with van der Waals surface area (Å²) in [5.74, 6) is 0.537. The molecule has 0 aliphatic rings. The molecule has 2 aromatic heterocycles. The smallest absolute Gasteiger partial charge is 0.328 e. The fraction of sp³-hybridized carbons (Fsp3) is 0.200. The molecule has 8 heteroatoms. The molecule has 18 heavy (non-hydrogen) atoms. The van der Waals surface area contributed by atoms with E-state index < -0.39 is 0 Å². The largest absolute Gasteiger partial charge is 0.372 e. The normalized spacial score (nSPS) is 10.2. The van der Waals surface area contributed by atoms with Crippen LogP contribution < -0.4 is 10.6 Å². The first-order chi connectivity index (χ1) is 8.60. The number of aryl methyl sites for hydroxylation is 1. The topological polar surface area (TPSA) is 92.9 Å². The van der Waals surface area contributed by atoms with Gasteiger partial charge in [-0.2, -0.15) is 4.98 Å². The van der Waals surface area contributed by atoms with Gasteiger partial charge < -0.3 is 9.84 Å². The molecule has 0 aliphatic carbocycles. The number of carbonyl (C=O) groups is 1. The average molecular weight is 312 g/mol. The summed E-state index contributed by atoms with van der Waals surface area (Å²) in [5.41, 5.74) is 0.378. The maximum Gasteiger partial charge on any atom is 0.328 e. The Morgan fingerprint density at radius 2 is 2.28 bits per heavy atom. The Balaban J connectivity index is 2.25. The maximum absolute atomic E-state index is 12.0. The predicted octanol–water partition coefficient (Wildman–Crippen LogP) is 1.83. The summed E-state index contributed by atoms with van der Waals surface area (Å²) in [7, 11) is 1.68. The molecule has 0 aromatic carbocycles. The Hall–Kier alpha value is -1.96. The second kappa shape index (κ2) is 5.13. The summed E-state index contributed by atoms with van der Waals surface area (Å²) in [4.78, 5) is 20.0. The average Bonchev–Trinajstić information content (AvgIpc) is 2.74. The van der Waals surface area contributed by atoms with Gasteiger partial charge in [-0.3, -0.25) is 10.1 Å². The van der Waals surface area contributed by atoms with Crippen molar-refractivity contribution in [3.63, 3.8) is 0 Å². The highest BCUT2D eigenvalue weighted by Gasteiger charge is 2.15. The van der Waals surface area contributed by atoms with Crippen molar-refractivity contribution in [2.45, 2.75) is 6.92 Å². The molecule has 2 rings (SSSR count). The number of hydrogen-bond acceptors (Lipinski definition) is 6. The number of pyridine rings is 1. The lowest BCUT2D eigenvalue weighted by Crippen LogP contribution is -2.15. The van der Waals surface area contributed by atoms with Gasteiger partial charge in [0.05, 0.1) is 5.56 Å². The third kappa shape index (κ3) is 2.65. The Labute approximate surface area is 111 Å². The van der Waals surface area contributed by atoms with Crippen molar-refractivity contribution < 1.29 is 9.32 Å². The van der Waals surface area contributed by atoms with Crippen molar-refractivity contribution in [3.05, 3.63) is 28.1 Å². The van der Waals surface area contributed by atoms with Crippen molar-refractivity contribution in [2.75, 3.05) is 17.7 Å². The predicted molar refractivity (Wildman–Crippen MR) is 68.5 cm³/mol. The molecule has 2 N–H and O–H groups in total. The molecule has 1 amide bonds. The first-order valence-corrected chi connectivity index (χ1v) is 5.84. The fourth-order valence-electron chi connectivity index (χ4n) is 1.32. The standard InChI is InChI=1S/C10H10BrN5O2/c1-5-14-10(18-16-5)15-9(17)7-3-6(11)4-13-8(7)12-2/h3-4H,1-2H3,(H,12,13)(H,14,15,16,17). The quantitative estimate of drug-likeness (QED) is 0.898. The van der Waals surface area contributed by atoms with Gasteiger partial charge in [-0.25, -0.2) is 4.98 Å². The molecule has 0 bridgehead atoms. The molecule has 0 saturated heterocycles. The molecular formula is C10H10BrN5O2. The van der Waals surface area contributed by atoms with Crippen molar-refractivity contribution >= 4 is 33.7 Å². The number of aromatic nitrogens is 3. The van der Waals surface area contributed by atoms with Crippen LogP contribution in [0.3, 0.4) is 0 Å². The number of halogens is 1. The van der Waals surface area contributed by atoms with E-state index in [4.69, 9.17) is 4.52 Å². The number of nitrogens with one attached hydrogen (secondary N) is 2. The monoisotopic (exact) mass is 311 g/mol. The SMILES string of the molecule is CNc1ncc(Br)cc1C(=O)Nc1nc(C)no1. The van der Waals surface area contributed by atoms with Crippen molar-refractivity contribution in [1.82, 2.24) is 15.1 Å². The molecule has 0 atom stereocenters. The Morgan fingerprint density at radius 1 is 1.50 bits per heavy atom. The van der Waals surface area contributed by atoms with Gasteiger partial charge in [-0.15, -0.1) is 0 Å². The zero-order valence-electron chi connectivity index (χ0n) is 9.69. The Morgan fingerprint density at radius 3 is 2.89 bits per heavy atom. The Kier molecular flexibility index (Phi) is 3.56. The summed E-state index contributed by atoms with van der Waals surface area (Å²) in [6.07, 6.45) is 1.60. The van der Waals surface area contributed by atoms with Crippen molar-refractivity contribution in [2.24, 2.45) is 0 Å². The molecule has 94 valence electrons. The van der Waals surface area contributed by atoms with E-state index in [0.29, 0.717) is 21.7 Å². The van der Waals surface area contributed by atoms with Crippen LogP contribution >= 0.6 is 15.9 Å². The van der Waals surface area contributed by atoms with E-state index in [0.717, 1.165) is 0 Å². The van der Waals surface area contributed by atoms with E-state index in [1.807, 2.05) is 0 Å². The zero-order valence-corrected chi connectivity index (χ0v) is 11.3. The van der Waals surface area contributed by atoms with Crippen LogP contribution in [0.5, 0.6) is 0 Å². The summed E-state index contributed by atoms with van der Waals surface area (Å²) < 4.78 is 5.52. The minimum atomic E-state index is -0.378. The molecule has 0 radical (unpaired) electrons. The van der Waals surface area contributed by atoms with Gasteiger partial charge in [0.25, 0.3) is 5.91 Å². The summed E-state index contributed by atoms with van der Waals surface area (Å²) in [5, 5.41) is 8.92. The number of hydrogen-bond donors (Lipinski definition) is 2. The van der Waals surface area contributed by atoms with Crippen LogP contribution in [-0.2, 0) is 0 Å². The van der Waals surface area contributed by atoms with E-state index >= 15 is 0 Å². The summed E-state index contributed by atoms with van der Waals surface area (Å²) in [6, 6.07) is 1.71. The van der Waals surface area contributed by atoms with Gasteiger partial charge >= 0.3 is 6.01 Å². The number of anilines is 2. The van der Waals surface area contributed by atoms with E-state index in [1.165, 1.54) is 0 Å². The first kappa shape index (κ1) is 12.5. The van der Waals surface area contributed by atoms with Crippen LogP contribution in [0.1, 0.15) is 16.2 Å². The van der Waals surface area contributed by atoms with E-state index in [1.54, 1.807) is 26.2 Å². The van der Waals surface area contributed by atoms with Crippen LogP contribution in [0.15, 0.2) is 21.3 Å². The molecule has 0 fully saturated rings. The maximum atomic E-state index is 12.0. The third-order valence-corrected chi connectivity index (χ3v) is 2.52. The molecule has 0 unspecified atom stereocenters. The fourth-order valence-corrected chi connectivity index (χ4v) is 1.66. The molecule has 0 spiro atoms. The molecule has 2 aromatic rings. The minimum absolute atomic E-state index is 0.0551. The van der Waals surface area contributed by atoms with Crippen molar-refractivity contribution in [3.8, 4) is 0 Å². The molecular weight excluding hydrogens is 302 g/mol. The van der Waals surface area contributed by atoms with E-state index in [-0.39, 0.29) is 11.9 Å². The van der Waals surface area contributed by atoms with Gasteiger partial charge in [0.2, 0.25) is 0 Å². The molecule has 0 aliphatic heterocycles. The van der Waals surface area contributed by atoms with E-state index in [9.17, 15) is 4.79 Å². The highest BCUT2D eigenvalue weighted by atomic mass is 79.9. The Bertz CT molecular complexity index is 583. The van der Waals surface area contributed by atoms with Gasteiger partial charge in [0.1, 0.15) is 5.82 Å². The first-order valence-electron chi connectivity index (χ1n) is 5.05. The summed E-state index contributed by atoms with van der Waals surface area (Å²) >= 11 is 3.26. The second-order valence-corrected chi connectivity index (χ2v) is 4.32. The molecule has 7 nitrogen and oxygen atoms in total.